The Labute approximate surface area is 197 Å². The van der Waals surface area contributed by atoms with Crippen LogP contribution in [0.25, 0.3) is 11.0 Å². The number of nitrogens with zero attached hydrogens (tertiary/aromatic N) is 4. The Balaban J connectivity index is 1.13. The van der Waals surface area contributed by atoms with Crippen LogP contribution in [-0.4, -0.2) is 76.9 Å². The van der Waals surface area contributed by atoms with Crippen molar-refractivity contribution in [2.24, 2.45) is 5.92 Å². The summed E-state index contributed by atoms with van der Waals surface area (Å²) >= 11 is 0. The van der Waals surface area contributed by atoms with Crippen LogP contribution in [0.2, 0.25) is 0 Å². The number of aromatic nitrogens is 3. The highest BCUT2D eigenvalue weighted by Gasteiger charge is 2.30. The maximum absolute atomic E-state index is 11.5. The molecule has 10 heteroatoms. The Hall–Kier alpha value is -3.34. The first kappa shape index (κ1) is 22.5. The number of carbonyl (C=O) groups excluding carboxylic acids is 1. The van der Waals surface area contributed by atoms with Gasteiger partial charge in [-0.25, -0.2) is 9.97 Å². The number of anilines is 1. The molecule has 2 aliphatic rings. The standard InChI is InChI=1S/C24H28N6O4/c1-33-22-5-3-18-23(29-22)15(6-8-26-18)7-9-30-12-16(19(31)13-30)10-25-11-17-2-4-20-24(27-17)28-21(32)14-34-20/h2-6,8,16,19,25,31H,7,9-14H2,1H3,(H,27,28,32). The molecule has 0 spiro atoms. The minimum atomic E-state index is -0.385. The predicted octanol–water partition coefficient (Wildman–Crippen LogP) is 0.989. The zero-order valence-electron chi connectivity index (χ0n) is 19.0. The number of β-amino-alcohol motifs (C(OH)–C–C–N with tert-alkyl or cyclic N) is 1. The molecule has 178 valence electrons. The number of likely N-dealkylation sites (tertiary alicyclic amines) is 1. The summed E-state index contributed by atoms with van der Waals surface area (Å²) in [6, 6.07) is 9.43. The first-order chi connectivity index (χ1) is 16.6. The molecule has 5 rings (SSSR count). The summed E-state index contributed by atoms with van der Waals surface area (Å²) in [6.07, 6.45) is 2.24. The molecule has 1 amide bonds. The molecule has 1 saturated heterocycles. The lowest BCUT2D eigenvalue weighted by Crippen LogP contribution is -2.31. The Kier molecular flexibility index (Phi) is 6.52. The number of carbonyl (C=O) groups is 1. The molecule has 5 heterocycles. The lowest BCUT2D eigenvalue weighted by Gasteiger charge is -2.18. The van der Waals surface area contributed by atoms with E-state index in [1.54, 1.807) is 7.11 Å². The van der Waals surface area contributed by atoms with Crippen molar-refractivity contribution in [2.45, 2.75) is 19.1 Å². The first-order valence-electron chi connectivity index (χ1n) is 11.4. The molecule has 1 fully saturated rings. The smallest absolute Gasteiger partial charge is 0.263 e. The fraction of sp³-hybridized carbons (Fsp3) is 0.417. The van der Waals surface area contributed by atoms with Gasteiger partial charge >= 0.3 is 0 Å². The van der Waals surface area contributed by atoms with Gasteiger partial charge in [0, 0.05) is 50.9 Å². The molecular weight excluding hydrogens is 436 g/mol. The van der Waals surface area contributed by atoms with Crippen LogP contribution in [0.1, 0.15) is 11.3 Å². The maximum atomic E-state index is 11.5. The number of hydrogen-bond acceptors (Lipinski definition) is 9. The fourth-order valence-electron chi connectivity index (χ4n) is 4.47. The normalized spacial score (nSPS) is 20.1. The third-order valence-electron chi connectivity index (χ3n) is 6.28. The molecule has 34 heavy (non-hydrogen) atoms. The highest BCUT2D eigenvalue weighted by Crippen LogP contribution is 2.25. The summed E-state index contributed by atoms with van der Waals surface area (Å²) in [5.74, 6) is 1.55. The van der Waals surface area contributed by atoms with Gasteiger partial charge in [0.25, 0.3) is 5.91 Å². The quantitative estimate of drug-likeness (QED) is 0.448. The molecular formula is C24H28N6O4. The van der Waals surface area contributed by atoms with Crippen LogP contribution in [0.15, 0.2) is 36.5 Å². The summed E-state index contributed by atoms with van der Waals surface area (Å²) in [5, 5.41) is 16.7. The molecule has 2 atom stereocenters. The van der Waals surface area contributed by atoms with E-state index in [9.17, 15) is 9.90 Å². The van der Waals surface area contributed by atoms with Gasteiger partial charge in [0.15, 0.2) is 18.2 Å². The van der Waals surface area contributed by atoms with Crippen molar-refractivity contribution in [3.63, 3.8) is 0 Å². The van der Waals surface area contributed by atoms with E-state index in [-0.39, 0.29) is 24.5 Å². The van der Waals surface area contributed by atoms with Gasteiger partial charge in [-0.3, -0.25) is 9.78 Å². The van der Waals surface area contributed by atoms with Crippen molar-refractivity contribution in [1.82, 2.24) is 25.2 Å². The van der Waals surface area contributed by atoms with Crippen LogP contribution in [-0.2, 0) is 17.8 Å². The van der Waals surface area contributed by atoms with E-state index in [1.807, 2.05) is 36.5 Å². The monoisotopic (exact) mass is 464 g/mol. The Morgan fingerprint density at radius 3 is 3.03 bits per heavy atom. The maximum Gasteiger partial charge on any atom is 0.263 e. The molecule has 2 unspecified atom stereocenters. The van der Waals surface area contributed by atoms with Gasteiger partial charge < -0.3 is 30.1 Å². The van der Waals surface area contributed by atoms with E-state index in [4.69, 9.17) is 9.47 Å². The van der Waals surface area contributed by atoms with Crippen molar-refractivity contribution in [1.29, 1.82) is 0 Å². The van der Waals surface area contributed by atoms with Crippen molar-refractivity contribution in [3.05, 3.63) is 47.8 Å². The fourth-order valence-corrected chi connectivity index (χ4v) is 4.47. The van der Waals surface area contributed by atoms with E-state index >= 15 is 0 Å². The van der Waals surface area contributed by atoms with Crippen LogP contribution in [0, 0.1) is 5.92 Å². The molecule has 0 radical (unpaired) electrons. The van der Waals surface area contributed by atoms with Gasteiger partial charge in [0.2, 0.25) is 5.88 Å². The van der Waals surface area contributed by atoms with Gasteiger partial charge in [-0.05, 0) is 36.2 Å². The second kappa shape index (κ2) is 9.88. The Morgan fingerprint density at radius 1 is 1.24 bits per heavy atom. The molecule has 3 N–H and O–H groups in total. The zero-order chi connectivity index (χ0) is 23.5. The van der Waals surface area contributed by atoms with Crippen molar-refractivity contribution < 1.29 is 19.4 Å². The van der Waals surface area contributed by atoms with Crippen LogP contribution < -0.4 is 20.1 Å². The van der Waals surface area contributed by atoms with Crippen LogP contribution >= 0.6 is 0 Å². The van der Waals surface area contributed by atoms with Gasteiger partial charge in [0.1, 0.15) is 0 Å². The summed E-state index contributed by atoms with van der Waals surface area (Å²) < 4.78 is 10.6. The topological polar surface area (TPSA) is 122 Å². The molecule has 3 aromatic heterocycles. The Morgan fingerprint density at radius 2 is 2.15 bits per heavy atom. The molecule has 2 aliphatic heterocycles. The summed E-state index contributed by atoms with van der Waals surface area (Å²) in [5.41, 5.74) is 3.64. The third-order valence-corrected chi connectivity index (χ3v) is 6.28. The number of methoxy groups -OCH3 is 1. The Bertz CT molecular complexity index is 1190. The second-order valence-corrected chi connectivity index (χ2v) is 8.65. The average Bonchev–Trinajstić information content (AvgIpc) is 3.21. The van der Waals surface area contributed by atoms with E-state index in [0.717, 1.165) is 41.8 Å². The average molecular weight is 465 g/mol. The largest absolute Gasteiger partial charge is 0.481 e. The summed E-state index contributed by atoms with van der Waals surface area (Å²) in [4.78, 5) is 27.2. The highest BCUT2D eigenvalue weighted by atomic mass is 16.5. The van der Waals surface area contributed by atoms with Crippen molar-refractivity contribution in [2.75, 3.05) is 45.2 Å². The number of amides is 1. The van der Waals surface area contributed by atoms with Crippen LogP contribution in [0.4, 0.5) is 5.82 Å². The van der Waals surface area contributed by atoms with Gasteiger partial charge in [-0.2, -0.15) is 0 Å². The predicted molar refractivity (Wildman–Crippen MR) is 126 cm³/mol. The number of nitrogens with one attached hydrogen (secondary N) is 2. The molecule has 10 nitrogen and oxygen atoms in total. The number of rotatable bonds is 8. The van der Waals surface area contributed by atoms with E-state index < -0.39 is 0 Å². The van der Waals surface area contributed by atoms with E-state index in [2.05, 4.69) is 30.5 Å². The van der Waals surface area contributed by atoms with Gasteiger partial charge in [-0.15, -0.1) is 0 Å². The van der Waals surface area contributed by atoms with Gasteiger partial charge in [0.05, 0.1) is 29.9 Å². The number of aliphatic hydroxyl groups is 1. The van der Waals surface area contributed by atoms with Gasteiger partial charge in [-0.1, -0.05) is 0 Å². The number of hydrogen-bond donors (Lipinski definition) is 3. The lowest BCUT2D eigenvalue weighted by molar-refractivity contribution is -0.118. The molecule has 0 aromatic carbocycles. The minimum Gasteiger partial charge on any atom is -0.481 e. The number of aliphatic hydroxyl groups excluding tert-OH is 1. The molecule has 3 aromatic rings. The first-order valence-corrected chi connectivity index (χ1v) is 11.4. The number of ether oxygens (including phenoxy) is 2. The highest BCUT2D eigenvalue weighted by molar-refractivity contribution is 5.94. The summed E-state index contributed by atoms with van der Waals surface area (Å²) in [7, 11) is 1.61. The number of fused-ring (bicyclic) bond motifs is 2. The van der Waals surface area contributed by atoms with Crippen molar-refractivity contribution >= 4 is 22.8 Å². The third kappa shape index (κ3) is 4.93. The van der Waals surface area contributed by atoms with E-state index in [0.29, 0.717) is 37.1 Å². The lowest BCUT2D eigenvalue weighted by atomic mass is 10.1. The van der Waals surface area contributed by atoms with Crippen LogP contribution in [0.5, 0.6) is 11.6 Å². The number of pyridine rings is 3. The van der Waals surface area contributed by atoms with Crippen molar-refractivity contribution in [3.8, 4) is 11.6 Å². The SMILES string of the molecule is COc1ccc2nccc(CCN3CC(O)C(CNCc4ccc5c(n4)NC(=O)CO5)C3)c2n1. The molecule has 0 saturated carbocycles. The molecule has 0 aliphatic carbocycles. The zero-order valence-corrected chi connectivity index (χ0v) is 19.0. The van der Waals surface area contributed by atoms with E-state index in [1.165, 1.54) is 0 Å². The second-order valence-electron chi connectivity index (χ2n) is 8.65. The molecule has 0 bridgehead atoms. The van der Waals surface area contributed by atoms with Crippen LogP contribution in [0.3, 0.4) is 0 Å². The summed E-state index contributed by atoms with van der Waals surface area (Å²) in [6.45, 7) is 3.53. The minimum absolute atomic E-state index is 0.0183.